The maximum absolute atomic E-state index is 6.18. The largest absolute Gasteiger partial charge is 0.228 e. The molecule has 1 aromatic heterocycles. The highest BCUT2D eigenvalue weighted by Gasteiger charge is 2.09. The van der Waals surface area contributed by atoms with E-state index in [1.807, 2.05) is 36.4 Å². The number of aromatic nitrogens is 2. The van der Waals surface area contributed by atoms with E-state index >= 15 is 0 Å². The Morgan fingerprint density at radius 3 is 2.33 bits per heavy atom. The van der Waals surface area contributed by atoms with Gasteiger partial charge in [0.25, 0.3) is 0 Å². The molecule has 0 saturated heterocycles. The second-order valence-electron chi connectivity index (χ2n) is 5.08. The second kappa shape index (κ2) is 5.66. The first-order valence-corrected chi connectivity index (χ1v) is 7.19. The fourth-order valence-corrected chi connectivity index (χ4v) is 2.54. The van der Waals surface area contributed by atoms with Crippen LogP contribution >= 0.6 is 11.6 Å². The molecule has 0 spiro atoms. The first kappa shape index (κ1) is 13.8. The molecule has 0 N–H and O–H groups in total. The van der Waals surface area contributed by atoms with Crippen LogP contribution in [0.4, 0.5) is 0 Å². The summed E-state index contributed by atoms with van der Waals surface area (Å²) in [5, 5.41) is 0.457. The fraction of sp³-hybridized carbons (Fsp3) is 0.111. The van der Waals surface area contributed by atoms with Crippen molar-refractivity contribution in [1.29, 1.82) is 0 Å². The van der Waals surface area contributed by atoms with Crippen LogP contribution < -0.4 is 0 Å². The maximum Gasteiger partial charge on any atom is 0.161 e. The van der Waals surface area contributed by atoms with E-state index in [9.17, 15) is 0 Å². The molecule has 0 aliphatic carbocycles. The lowest BCUT2D eigenvalue weighted by atomic mass is 10.0. The molecule has 0 radical (unpaired) electrons. The average molecular weight is 295 g/mol. The molecular formula is C18H15ClN2. The molecule has 1 heterocycles. The summed E-state index contributed by atoms with van der Waals surface area (Å²) in [6, 6.07) is 18.0. The summed E-state index contributed by atoms with van der Waals surface area (Å²) in [7, 11) is 0. The highest BCUT2D eigenvalue weighted by molar-refractivity contribution is 6.29. The standard InChI is InChI=1S/C18H15ClN2/c1-12-8-9-15(13(2)10-12)18-20-16(11-17(19)21-18)14-6-4-3-5-7-14/h3-11H,1-2H3. The number of rotatable bonds is 2. The van der Waals surface area contributed by atoms with E-state index < -0.39 is 0 Å². The van der Waals surface area contributed by atoms with Gasteiger partial charge in [-0.3, -0.25) is 0 Å². The van der Waals surface area contributed by atoms with Crippen molar-refractivity contribution in [1.82, 2.24) is 9.97 Å². The van der Waals surface area contributed by atoms with E-state index in [0.29, 0.717) is 11.0 Å². The van der Waals surface area contributed by atoms with E-state index in [0.717, 1.165) is 22.4 Å². The van der Waals surface area contributed by atoms with Crippen molar-refractivity contribution < 1.29 is 0 Å². The van der Waals surface area contributed by atoms with Crippen LogP contribution in [0.2, 0.25) is 5.15 Å². The Balaban J connectivity index is 2.14. The van der Waals surface area contributed by atoms with Gasteiger partial charge in [-0.1, -0.05) is 65.7 Å². The molecule has 0 bridgehead atoms. The minimum atomic E-state index is 0.457. The van der Waals surface area contributed by atoms with E-state index in [2.05, 4.69) is 35.9 Å². The summed E-state index contributed by atoms with van der Waals surface area (Å²) in [5.41, 5.74) is 5.26. The highest BCUT2D eigenvalue weighted by Crippen LogP contribution is 2.26. The first-order chi connectivity index (χ1) is 10.1. The van der Waals surface area contributed by atoms with Gasteiger partial charge >= 0.3 is 0 Å². The minimum Gasteiger partial charge on any atom is -0.228 e. The summed E-state index contributed by atoms with van der Waals surface area (Å²) >= 11 is 6.18. The predicted molar refractivity (Wildman–Crippen MR) is 87.4 cm³/mol. The third-order valence-electron chi connectivity index (χ3n) is 3.39. The Labute approximate surface area is 129 Å². The highest BCUT2D eigenvalue weighted by atomic mass is 35.5. The zero-order valence-electron chi connectivity index (χ0n) is 12.0. The molecule has 0 amide bonds. The number of hydrogen-bond acceptors (Lipinski definition) is 2. The van der Waals surface area contributed by atoms with Gasteiger partial charge in [-0.25, -0.2) is 9.97 Å². The fourth-order valence-electron chi connectivity index (χ4n) is 2.36. The Hall–Kier alpha value is -2.19. The monoisotopic (exact) mass is 294 g/mol. The van der Waals surface area contributed by atoms with Crippen LogP contribution in [0.1, 0.15) is 11.1 Å². The second-order valence-corrected chi connectivity index (χ2v) is 5.47. The maximum atomic E-state index is 6.18. The lowest BCUT2D eigenvalue weighted by molar-refractivity contribution is 1.17. The smallest absolute Gasteiger partial charge is 0.161 e. The van der Waals surface area contributed by atoms with Crippen LogP contribution in [0.15, 0.2) is 54.6 Å². The zero-order valence-corrected chi connectivity index (χ0v) is 12.7. The molecule has 0 aliphatic heterocycles. The summed E-state index contributed by atoms with van der Waals surface area (Å²) in [4.78, 5) is 9.04. The molecule has 0 unspecified atom stereocenters. The van der Waals surface area contributed by atoms with Gasteiger partial charge in [-0.15, -0.1) is 0 Å². The minimum absolute atomic E-state index is 0.457. The third-order valence-corrected chi connectivity index (χ3v) is 3.58. The van der Waals surface area contributed by atoms with Crippen molar-refractivity contribution in [2.24, 2.45) is 0 Å². The van der Waals surface area contributed by atoms with Crippen molar-refractivity contribution in [3.05, 3.63) is 70.9 Å². The Morgan fingerprint density at radius 1 is 0.857 bits per heavy atom. The van der Waals surface area contributed by atoms with Gasteiger partial charge in [-0.2, -0.15) is 0 Å². The van der Waals surface area contributed by atoms with Gasteiger partial charge in [-0.05, 0) is 19.4 Å². The van der Waals surface area contributed by atoms with Crippen molar-refractivity contribution in [3.63, 3.8) is 0 Å². The molecule has 3 rings (SSSR count). The van der Waals surface area contributed by atoms with Gasteiger partial charge < -0.3 is 0 Å². The normalized spacial score (nSPS) is 10.6. The van der Waals surface area contributed by atoms with Gasteiger partial charge in [0, 0.05) is 17.2 Å². The summed E-state index contributed by atoms with van der Waals surface area (Å²) in [6.45, 7) is 4.14. The Morgan fingerprint density at radius 2 is 1.62 bits per heavy atom. The molecule has 104 valence electrons. The van der Waals surface area contributed by atoms with Gasteiger partial charge in [0.05, 0.1) is 5.69 Å². The number of benzene rings is 2. The van der Waals surface area contributed by atoms with Crippen molar-refractivity contribution in [2.75, 3.05) is 0 Å². The van der Waals surface area contributed by atoms with E-state index in [1.165, 1.54) is 5.56 Å². The van der Waals surface area contributed by atoms with Crippen molar-refractivity contribution in [2.45, 2.75) is 13.8 Å². The van der Waals surface area contributed by atoms with Crippen LogP contribution in [0, 0.1) is 13.8 Å². The molecular weight excluding hydrogens is 280 g/mol. The molecule has 3 aromatic rings. The zero-order chi connectivity index (χ0) is 14.8. The van der Waals surface area contributed by atoms with E-state index in [-0.39, 0.29) is 0 Å². The first-order valence-electron chi connectivity index (χ1n) is 6.81. The summed E-state index contributed by atoms with van der Waals surface area (Å²) in [6.07, 6.45) is 0. The molecule has 0 fully saturated rings. The average Bonchev–Trinajstić information content (AvgIpc) is 2.47. The molecule has 21 heavy (non-hydrogen) atoms. The van der Waals surface area contributed by atoms with Crippen molar-refractivity contribution >= 4 is 11.6 Å². The van der Waals surface area contributed by atoms with Crippen LogP contribution in [-0.2, 0) is 0 Å². The van der Waals surface area contributed by atoms with Gasteiger partial charge in [0.2, 0.25) is 0 Å². The topological polar surface area (TPSA) is 25.8 Å². The third kappa shape index (κ3) is 2.96. The summed E-state index contributed by atoms with van der Waals surface area (Å²) in [5.74, 6) is 0.666. The van der Waals surface area contributed by atoms with Crippen LogP contribution in [-0.4, -0.2) is 9.97 Å². The molecule has 2 nitrogen and oxygen atoms in total. The van der Waals surface area contributed by atoms with Crippen LogP contribution in [0.25, 0.3) is 22.6 Å². The predicted octanol–water partition coefficient (Wildman–Crippen LogP) is 5.08. The molecule has 2 aromatic carbocycles. The Kier molecular flexibility index (Phi) is 3.72. The van der Waals surface area contributed by atoms with Crippen LogP contribution in [0.3, 0.4) is 0 Å². The SMILES string of the molecule is Cc1ccc(-c2nc(Cl)cc(-c3ccccc3)n2)c(C)c1. The number of aryl methyl sites for hydroxylation is 2. The summed E-state index contributed by atoms with van der Waals surface area (Å²) < 4.78 is 0. The molecule has 0 aliphatic rings. The molecule has 0 saturated carbocycles. The Bertz CT molecular complexity index is 782. The van der Waals surface area contributed by atoms with Crippen molar-refractivity contribution in [3.8, 4) is 22.6 Å². The molecule has 0 atom stereocenters. The number of nitrogens with zero attached hydrogens (tertiary/aromatic N) is 2. The van der Waals surface area contributed by atoms with Crippen LogP contribution in [0.5, 0.6) is 0 Å². The van der Waals surface area contributed by atoms with Gasteiger partial charge in [0.1, 0.15) is 5.15 Å². The van der Waals surface area contributed by atoms with Gasteiger partial charge in [0.15, 0.2) is 5.82 Å². The quantitative estimate of drug-likeness (QED) is 0.616. The van der Waals surface area contributed by atoms with E-state index in [4.69, 9.17) is 11.6 Å². The molecule has 3 heteroatoms. The lowest BCUT2D eigenvalue weighted by Crippen LogP contribution is -1.95. The number of halogens is 1. The lowest BCUT2D eigenvalue weighted by Gasteiger charge is -2.08. The van der Waals surface area contributed by atoms with E-state index in [1.54, 1.807) is 6.07 Å². The number of hydrogen-bond donors (Lipinski definition) is 0.